The summed E-state index contributed by atoms with van der Waals surface area (Å²) >= 11 is 0. The minimum absolute atomic E-state index is 0.137. The summed E-state index contributed by atoms with van der Waals surface area (Å²) in [5, 5.41) is 41.6. The van der Waals surface area contributed by atoms with Crippen LogP contribution in [0.2, 0.25) is 0 Å². The van der Waals surface area contributed by atoms with Crippen LogP contribution in [0.1, 0.15) is 6.92 Å². The first kappa shape index (κ1) is 20.2. The van der Waals surface area contributed by atoms with E-state index in [9.17, 15) is 25.2 Å². The Balaban J connectivity index is 1.68. The summed E-state index contributed by atoms with van der Waals surface area (Å²) in [5.41, 5.74) is 2.56. The average molecular weight is 389 g/mol. The summed E-state index contributed by atoms with van der Waals surface area (Å²) in [4.78, 5) is 11.1. The van der Waals surface area contributed by atoms with Crippen LogP contribution in [0.5, 0.6) is 5.75 Å². The van der Waals surface area contributed by atoms with Crippen LogP contribution in [0.25, 0.3) is 11.1 Å². The summed E-state index contributed by atoms with van der Waals surface area (Å²) in [6, 6.07) is 14.3. The summed E-state index contributed by atoms with van der Waals surface area (Å²) in [5.74, 6) is 0.255. The molecule has 2 aromatic rings. The van der Waals surface area contributed by atoms with Gasteiger partial charge in [0.1, 0.15) is 30.2 Å². The van der Waals surface area contributed by atoms with E-state index in [1.54, 1.807) is 24.3 Å². The number of hydrogen-bond donors (Lipinski definition) is 5. The molecule has 150 valence electrons. The Morgan fingerprint density at radius 3 is 2.07 bits per heavy atom. The number of nitrogens with one attached hydrogen (secondary N) is 1. The number of ether oxygens (including phenoxy) is 2. The minimum atomic E-state index is -1.49. The summed E-state index contributed by atoms with van der Waals surface area (Å²) < 4.78 is 10.9. The SMILES string of the molecule is CC(=O)Nc1ccc(-c2ccc(OC3OC(CO)C(O)C(O)C3O)cc2)cc1. The summed E-state index contributed by atoms with van der Waals surface area (Å²) in [6.45, 7) is 0.931. The second kappa shape index (κ2) is 8.68. The van der Waals surface area contributed by atoms with Gasteiger partial charge in [-0.1, -0.05) is 24.3 Å². The normalized spacial score (nSPS) is 27.2. The van der Waals surface area contributed by atoms with Gasteiger partial charge in [-0.15, -0.1) is 0 Å². The van der Waals surface area contributed by atoms with Crippen molar-refractivity contribution in [1.29, 1.82) is 0 Å². The molecule has 1 amide bonds. The van der Waals surface area contributed by atoms with Gasteiger partial charge in [0.15, 0.2) is 0 Å². The number of hydrogen-bond acceptors (Lipinski definition) is 7. The first-order valence-electron chi connectivity index (χ1n) is 8.84. The van der Waals surface area contributed by atoms with Crippen molar-refractivity contribution in [3.8, 4) is 16.9 Å². The van der Waals surface area contributed by atoms with E-state index in [1.165, 1.54) is 6.92 Å². The average Bonchev–Trinajstić information content (AvgIpc) is 2.69. The second-order valence-corrected chi connectivity index (χ2v) is 6.60. The number of aliphatic hydroxyl groups is 4. The van der Waals surface area contributed by atoms with Gasteiger partial charge in [-0.25, -0.2) is 0 Å². The van der Waals surface area contributed by atoms with E-state index in [2.05, 4.69) is 5.32 Å². The van der Waals surface area contributed by atoms with E-state index >= 15 is 0 Å². The van der Waals surface area contributed by atoms with E-state index in [4.69, 9.17) is 9.47 Å². The van der Waals surface area contributed by atoms with E-state index < -0.39 is 37.3 Å². The molecule has 5 atom stereocenters. The van der Waals surface area contributed by atoms with Crippen molar-refractivity contribution < 1.29 is 34.7 Å². The predicted octanol–water partition coefficient (Wildman–Crippen LogP) is 0.491. The Kier molecular flexibility index (Phi) is 6.28. The Labute approximate surface area is 162 Å². The molecule has 5 N–H and O–H groups in total. The highest BCUT2D eigenvalue weighted by molar-refractivity contribution is 5.89. The maximum atomic E-state index is 11.1. The number of rotatable bonds is 5. The minimum Gasteiger partial charge on any atom is -0.462 e. The molecule has 5 unspecified atom stereocenters. The van der Waals surface area contributed by atoms with Crippen molar-refractivity contribution in [2.24, 2.45) is 0 Å². The standard InChI is InChI=1S/C20H23NO7/c1-11(23)21-14-6-2-12(3-7-14)13-4-8-15(9-5-13)27-20-19(26)18(25)17(24)16(10-22)28-20/h2-9,16-20,22,24-26H,10H2,1H3,(H,21,23). The Morgan fingerprint density at radius 1 is 0.964 bits per heavy atom. The van der Waals surface area contributed by atoms with Gasteiger partial charge in [-0.2, -0.15) is 0 Å². The van der Waals surface area contributed by atoms with Crippen molar-refractivity contribution >= 4 is 11.6 Å². The van der Waals surface area contributed by atoms with Crippen molar-refractivity contribution in [2.45, 2.75) is 37.6 Å². The molecule has 8 nitrogen and oxygen atoms in total. The molecule has 8 heteroatoms. The molecule has 1 aliphatic rings. The van der Waals surface area contributed by atoms with E-state index in [0.717, 1.165) is 11.1 Å². The van der Waals surface area contributed by atoms with Crippen LogP contribution in [0.3, 0.4) is 0 Å². The van der Waals surface area contributed by atoms with Crippen molar-refractivity contribution in [2.75, 3.05) is 11.9 Å². The number of carbonyl (C=O) groups excluding carboxylic acids is 1. The lowest BCUT2D eigenvalue weighted by Gasteiger charge is -2.39. The van der Waals surface area contributed by atoms with Gasteiger partial charge in [-0.3, -0.25) is 4.79 Å². The molecule has 3 rings (SSSR count). The molecule has 28 heavy (non-hydrogen) atoms. The van der Waals surface area contributed by atoms with E-state index in [-0.39, 0.29) is 5.91 Å². The molecule has 0 spiro atoms. The number of benzene rings is 2. The van der Waals surface area contributed by atoms with Crippen LogP contribution in [0, 0.1) is 0 Å². The molecule has 1 heterocycles. The number of amides is 1. The zero-order valence-electron chi connectivity index (χ0n) is 15.2. The molecular weight excluding hydrogens is 366 g/mol. The smallest absolute Gasteiger partial charge is 0.229 e. The van der Waals surface area contributed by atoms with E-state index in [1.807, 2.05) is 24.3 Å². The van der Waals surface area contributed by atoms with Crippen LogP contribution in [0.4, 0.5) is 5.69 Å². The molecule has 0 bridgehead atoms. The summed E-state index contributed by atoms with van der Waals surface area (Å²) in [6.07, 6.45) is -6.62. The maximum Gasteiger partial charge on any atom is 0.229 e. The molecule has 0 radical (unpaired) electrons. The van der Waals surface area contributed by atoms with Gasteiger partial charge in [0, 0.05) is 12.6 Å². The highest BCUT2D eigenvalue weighted by Gasteiger charge is 2.44. The first-order chi connectivity index (χ1) is 13.4. The summed E-state index contributed by atoms with van der Waals surface area (Å²) in [7, 11) is 0. The quantitative estimate of drug-likeness (QED) is 0.503. The second-order valence-electron chi connectivity index (χ2n) is 6.60. The van der Waals surface area contributed by atoms with Gasteiger partial charge in [0.25, 0.3) is 0 Å². The fraction of sp³-hybridized carbons (Fsp3) is 0.350. The van der Waals surface area contributed by atoms with Crippen LogP contribution >= 0.6 is 0 Å². The van der Waals surface area contributed by atoms with Crippen molar-refractivity contribution in [3.05, 3.63) is 48.5 Å². The Morgan fingerprint density at radius 2 is 1.54 bits per heavy atom. The van der Waals surface area contributed by atoms with Gasteiger partial charge < -0.3 is 35.2 Å². The lowest BCUT2D eigenvalue weighted by atomic mass is 9.99. The zero-order chi connectivity index (χ0) is 20.3. The number of carbonyl (C=O) groups is 1. The van der Waals surface area contributed by atoms with Crippen LogP contribution in [-0.2, 0) is 9.53 Å². The van der Waals surface area contributed by atoms with Crippen LogP contribution < -0.4 is 10.1 Å². The monoisotopic (exact) mass is 389 g/mol. The highest BCUT2D eigenvalue weighted by atomic mass is 16.7. The third-order valence-electron chi connectivity index (χ3n) is 4.49. The van der Waals surface area contributed by atoms with E-state index in [0.29, 0.717) is 11.4 Å². The van der Waals surface area contributed by atoms with Gasteiger partial charge >= 0.3 is 0 Å². The van der Waals surface area contributed by atoms with Crippen molar-refractivity contribution in [1.82, 2.24) is 0 Å². The molecule has 1 saturated heterocycles. The van der Waals surface area contributed by atoms with Gasteiger partial charge in [0.05, 0.1) is 6.61 Å². The van der Waals surface area contributed by atoms with Gasteiger partial charge in [0.2, 0.25) is 12.2 Å². The molecule has 2 aromatic carbocycles. The number of anilines is 1. The van der Waals surface area contributed by atoms with Gasteiger partial charge in [-0.05, 0) is 35.4 Å². The molecule has 0 saturated carbocycles. The van der Waals surface area contributed by atoms with Crippen LogP contribution in [-0.4, -0.2) is 63.6 Å². The van der Waals surface area contributed by atoms with Crippen LogP contribution in [0.15, 0.2) is 48.5 Å². The highest BCUT2D eigenvalue weighted by Crippen LogP contribution is 2.27. The third-order valence-corrected chi connectivity index (χ3v) is 4.49. The topological polar surface area (TPSA) is 128 Å². The third kappa shape index (κ3) is 4.49. The molecule has 0 aliphatic carbocycles. The zero-order valence-corrected chi connectivity index (χ0v) is 15.2. The fourth-order valence-electron chi connectivity index (χ4n) is 2.97. The first-order valence-corrected chi connectivity index (χ1v) is 8.84. The Bertz CT molecular complexity index is 791. The number of aliphatic hydroxyl groups excluding tert-OH is 4. The van der Waals surface area contributed by atoms with Crippen molar-refractivity contribution in [3.63, 3.8) is 0 Å². The molecule has 1 fully saturated rings. The predicted molar refractivity (Wildman–Crippen MR) is 101 cm³/mol. The lowest BCUT2D eigenvalue weighted by Crippen LogP contribution is -2.60. The molecule has 0 aromatic heterocycles. The fourth-order valence-corrected chi connectivity index (χ4v) is 2.97. The largest absolute Gasteiger partial charge is 0.462 e. The lowest BCUT2D eigenvalue weighted by molar-refractivity contribution is -0.277. The maximum absolute atomic E-state index is 11.1. The Hall–Kier alpha value is -2.49. The molecule has 1 aliphatic heterocycles. The molecular formula is C20H23NO7.